The first-order valence-corrected chi connectivity index (χ1v) is 11.7. The molecule has 0 bridgehead atoms. The Morgan fingerprint density at radius 2 is 1.68 bits per heavy atom. The maximum absolute atomic E-state index is 13.1. The fraction of sp³-hybridized carbons (Fsp3) is 0.667. The molecule has 2 fully saturated rings. The molecule has 1 aromatic carbocycles. The van der Waals surface area contributed by atoms with Crippen LogP contribution in [0.4, 0.5) is 0 Å². The molecule has 3 rings (SSSR count). The Balaban J connectivity index is 1.63. The molecule has 0 aliphatic carbocycles. The van der Waals surface area contributed by atoms with E-state index in [9.17, 15) is 13.2 Å². The molecule has 156 valence electrons. The number of amides is 1. The molecule has 0 radical (unpaired) electrons. The average Bonchev–Trinajstić information content (AvgIpc) is 2.73. The lowest BCUT2D eigenvalue weighted by molar-refractivity contribution is -0.141. The Morgan fingerprint density at radius 3 is 2.25 bits per heavy atom. The summed E-state index contributed by atoms with van der Waals surface area (Å²) >= 11 is 0. The highest BCUT2D eigenvalue weighted by Crippen LogP contribution is 2.30. The Bertz CT molecular complexity index is 768. The molecule has 1 aromatic rings. The van der Waals surface area contributed by atoms with Gasteiger partial charge < -0.3 is 9.64 Å². The third-order valence-electron chi connectivity index (χ3n) is 6.10. The highest BCUT2D eigenvalue weighted by Gasteiger charge is 2.37. The lowest BCUT2D eigenvalue weighted by atomic mass is 9.89. The summed E-state index contributed by atoms with van der Waals surface area (Å²) in [5, 5.41) is 0. The molecule has 2 saturated heterocycles. The fourth-order valence-electron chi connectivity index (χ4n) is 4.40. The molecule has 28 heavy (non-hydrogen) atoms. The van der Waals surface area contributed by atoms with Crippen LogP contribution in [0.15, 0.2) is 29.2 Å². The van der Waals surface area contributed by atoms with Crippen molar-refractivity contribution in [3.05, 3.63) is 24.3 Å². The molecule has 2 aliphatic rings. The number of hydrogen-bond donors (Lipinski definition) is 0. The van der Waals surface area contributed by atoms with Crippen LogP contribution in [0.25, 0.3) is 0 Å². The van der Waals surface area contributed by atoms with Crippen LogP contribution in [0.3, 0.4) is 0 Å². The van der Waals surface area contributed by atoms with Crippen molar-refractivity contribution < 1.29 is 17.9 Å². The Hall–Kier alpha value is -1.60. The van der Waals surface area contributed by atoms with Gasteiger partial charge in [-0.05, 0) is 62.3 Å². The van der Waals surface area contributed by atoms with Crippen molar-refractivity contribution in [1.82, 2.24) is 9.21 Å². The standard InChI is InChI=1S/C21H32N2O4S/c1-16(2)20-6-4-5-13-23(20)21(24)17-11-14-22(15-12-17)28(25,26)19-9-7-18(27-3)8-10-19/h7-10,16-17,20H,4-6,11-15H2,1-3H3. The average molecular weight is 409 g/mol. The smallest absolute Gasteiger partial charge is 0.243 e. The summed E-state index contributed by atoms with van der Waals surface area (Å²) in [5.74, 6) is 1.24. The van der Waals surface area contributed by atoms with Crippen LogP contribution in [-0.2, 0) is 14.8 Å². The van der Waals surface area contributed by atoms with E-state index in [2.05, 4.69) is 18.7 Å². The summed E-state index contributed by atoms with van der Waals surface area (Å²) in [6, 6.07) is 6.79. The fourth-order valence-corrected chi connectivity index (χ4v) is 5.87. The lowest BCUT2D eigenvalue weighted by Crippen LogP contribution is -2.51. The second-order valence-electron chi connectivity index (χ2n) is 8.19. The number of methoxy groups -OCH3 is 1. The SMILES string of the molecule is COc1ccc(S(=O)(=O)N2CCC(C(=O)N3CCCCC3C(C)C)CC2)cc1. The Morgan fingerprint density at radius 1 is 1.04 bits per heavy atom. The summed E-state index contributed by atoms with van der Waals surface area (Å²) in [7, 11) is -1.98. The number of benzene rings is 1. The first kappa shape index (κ1) is 21.1. The number of sulfonamides is 1. The van der Waals surface area contributed by atoms with Crippen LogP contribution >= 0.6 is 0 Å². The maximum Gasteiger partial charge on any atom is 0.243 e. The van der Waals surface area contributed by atoms with Gasteiger partial charge in [-0.1, -0.05) is 13.8 Å². The highest BCUT2D eigenvalue weighted by molar-refractivity contribution is 7.89. The van der Waals surface area contributed by atoms with Gasteiger partial charge in [0.05, 0.1) is 12.0 Å². The minimum Gasteiger partial charge on any atom is -0.497 e. The molecule has 1 amide bonds. The van der Waals surface area contributed by atoms with Crippen molar-refractivity contribution in [3.8, 4) is 5.75 Å². The number of likely N-dealkylation sites (tertiary alicyclic amines) is 1. The van der Waals surface area contributed by atoms with Gasteiger partial charge in [0.1, 0.15) is 5.75 Å². The van der Waals surface area contributed by atoms with E-state index in [1.165, 1.54) is 10.7 Å². The van der Waals surface area contributed by atoms with Gasteiger partial charge in [-0.15, -0.1) is 0 Å². The second-order valence-corrected chi connectivity index (χ2v) is 10.1. The van der Waals surface area contributed by atoms with E-state index in [0.717, 1.165) is 19.4 Å². The van der Waals surface area contributed by atoms with Crippen LogP contribution in [-0.4, -0.2) is 56.3 Å². The summed E-state index contributed by atoms with van der Waals surface area (Å²) in [4.78, 5) is 15.5. The predicted octanol–water partition coefficient (Wildman–Crippen LogP) is 3.13. The van der Waals surface area contributed by atoms with E-state index in [0.29, 0.717) is 43.6 Å². The van der Waals surface area contributed by atoms with Crippen LogP contribution in [0.2, 0.25) is 0 Å². The van der Waals surface area contributed by atoms with Gasteiger partial charge in [-0.2, -0.15) is 4.31 Å². The maximum atomic E-state index is 13.1. The first-order chi connectivity index (χ1) is 13.3. The van der Waals surface area contributed by atoms with E-state index in [1.807, 2.05) is 0 Å². The van der Waals surface area contributed by atoms with Crippen LogP contribution in [0, 0.1) is 11.8 Å². The summed E-state index contributed by atoms with van der Waals surface area (Å²) < 4.78 is 32.4. The molecule has 2 aliphatic heterocycles. The number of ether oxygens (including phenoxy) is 1. The minimum absolute atomic E-state index is 0.0679. The molecule has 7 heteroatoms. The van der Waals surface area contributed by atoms with Crippen LogP contribution < -0.4 is 4.74 Å². The van der Waals surface area contributed by atoms with Gasteiger partial charge in [0.25, 0.3) is 0 Å². The van der Waals surface area contributed by atoms with Crippen molar-refractivity contribution in [1.29, 1.82) is 0 Å². The Kier molecular flexibility index (Phi) is 6.65. The Labute approximate surface area is 168 Å². The van der Waals surface area contributed by atoms with Gasteiger partial charge >= 0.3 is 0 Å². The number of nitrogens with zero attached hydrogens (tertiary/aromatic N) is 2. The molecule has 1 unspecified atom stereocenters. The zero-order valence-corrected chi connectivity index (χ0v) is 18.0. The molecular weight excluding hydrogens is 376 g/mol. The summed E-state index contributed by atoms with van der Waals surface area (Å²) in [6.07, 6.45) is 4.52. The molecule has 6 nitrogen and oxygen atoms in total. The monoisotopic (exact) mass is 408 g/mol. The quantitative estimate of drug-likeness (QED) is 0.751. The van der Waals surface area contributed by atoms with Crippen molar-refractivity contribution in [2.75, 3.05) is 26.7 Å². The second kappa shape index (κ2) is 8.82. The minimum atomic E-state index is -3.53. The third kappa shape index (κ3) is 4.35. The number of hydrogen-bond acceptors (Lipinski definition) is 4. The zero-order chi connectivity index (χ0) is 20.3. The zero-order valence-electron chi connectivity index (χ0n) is 17.1. The van der Waals surface area contributed by atoms with Crippen molar-refractivity contribution >= 4 is 15.9 Å². The number of rotatable bonds is 5. The molecule has 0 spiro atoms. The third-order valence-corrected chi connectivity index (χ3v) is 8.02. The number of piperidine rings is 2. The van der Waals surface area contributed by atoms with Crippen molar-refractivity contribution in [2.24, 2.45) is 11.8 Å². The molecule has 0 N–H and O–H groups in total. The van der Waals surface area contributed by atoms with E-state index in [-0.39, 0.29) is 16.7 Å². The van der Waals surface area contributed by atoms with Crippen molar-refractivity contribution in [3.63, 3.8) is 0 Å². The molecule has 1 atom stereocenters. The lowest BCUT2D eigenvalue weighted by Gasteiger charge is -2.41. The largest absolute Gasteiger partial charge is 0.497 e. The highest BCUT2D eigenvalue weighted by atomic mass is 32.2. The van der Waals surface area contributed by atoms with Gasteiger partial charge in [0.2, 0.25) is 15.9 Å². The van der Waals surface area contributed by atoms with Gasteiger partial charge in [-0.25, -0.2) is 8.42 Å². The number of carbonyl (C=O) groups excluding carboxylic acids is 1. The molecule has 0 aromatic heterocycles. The van der Waals surface area contributed by atoms with Crippen LogP contribution in [0.1, 0.15) is 46.0 Å². The number of carbonyl (C=O) groups is 1. The molecular formula is C21H32N2O4S. The first-order valence-electron chi connectivity index (χ1n) is 10.3. The van der Waals surface area contributed by atoms with Gasteiger partial charge in [0, 0.05) is 31.6 Å². The van der Waals surface area contributed by atoms with Crippen LogP contribution in [0.5, 0.6) is 5.75 Å². The predicted molar refractivity (Wildman–Crippen MR) is 109 cm³/mol. The van der Waals surface area contributed by atoms with Gasteiger partial charge in [-0.3, -0.25) is 4.79 Å². The van der Waals surface area contributed by atoms with E-state index in [1.54, 1.807) is 31.4 Å². The molecule has 2 heterocycles. The van der Waals surface area contributed by atoms with Gasteiger partial charge in [0.15, 0.2) is 0 Å². The normalized spacial score (nSPS) is 22.4. The summed E-state index contributed by atoms with van der Waals surface area (Å²) in [5.41, 5.74) is 0. The summed E-state index contributed by atoms with van der Waals surface area (Å²) in [6.45, 7) is 5.99. The van der Waals surface area contributed by atoms with Crippen molar-refractivity contribution in [2.45, 2.75) is 56.9 Å². The molecule has 0 saturated carbocycles. The topological polar surface area (TPSA) is 66.9 Å². The van der Waals surface area contributed by atoms with E-state index < -0.39 is 10.0 Å². The van der Waals surface area contributed by atoms with E-state index in [4.69, 9.17) is 4.74 Å². The van der Waals surface area contributed by atoms with E-state index >= 15 is 0 Å².